The molecule has 0 saturated heterocycles. The van der Waals surface area contributed by atoms with E-state index in [1.165, 1.54) is 25.3 Å². The van der Waals surface area contributed by atoms with E-state index in [-0.39, 0.29) is 0 Å². The molecule has 0 bridgehead atoms. The molecule has 0 aromatic carbocycles. The van der Waals surface area contributed by atoms with Gasteiger partial charge in [0.2, 0.25) is 0 Å². The van der Waals surface area contributed by atoms with Crippen molar-refractivity contribution in [1.82, 2.24) is 9.97 Å². The smallest absolute Gasteiger partial charge is 0.417 e. The van der Waals surface area contributed by atoms with Crippen LogP contribution in [0, 0.1) is 5.21 Å². The van der Waals surface area contributed by atoms with Crippen LogP contribution >= 0.6 is 0 Å². The van der Waals surface area contributed by atoms with E-state index in [1.54, 1.807) is 42.3 Å². The van der Waals surface area contributed by atoms with Crippen molar-refractivity contribution in [3.05, 3.63) is 54.8 Å². The van der Waals surface area contributed by atoms with Crippen LogP contribution in [0.2, 0.25) is 0 Å². The van der Waals surface area contributed by atoms with E-state index in [2.05, 4.69) is 23.8 Å². The molecule has 0 unspecified atom stereocenters. The maximum absolute atomic E-state index is 10.4. The molecule has 5 nitrogen and oxygen atoms in total. The highest BCUT2D eigenvalue weighted by molar-refractivity contribution is 4.74. The molecule has 0 saturated carbocycles. The number of nitrogens with zero attached hydrogens (tertiary/aromatic N) is 4. The Morgan fingerprint density at radius 3 is 1.57 bits per heavy atom. The number of aromatic nitrogens is 4. The number of hydrogen-bond acceptors (Lipinski definition) is 3. The van der Waals surface area contributed by atoms with Gasteiger partial charge in [0, 0.05) is 12.4 Å². The van der Waals surface area contributed by atoms with Gasteiger partial charge in [-0.15, -0.1) is 4.73 Å². The third kappa shape index (κ3) is 23.5. The van der Waals surface area contributed by atoms with Gasteiger partial charge < -0.3 is 5.21 Å². The first-order chi connectivity index (χ1) is 10.2. The summed E-state index contributed by atoms with van der Waals surface area (Å²) in [6.45, 7) is 12.2. The van der Waals surface area contributed by atoms with E-state index in [4.69, 9.17) is 0 Å². The Bertz CT molecular complexity index is 339. The van der Waals surface area contributed by atoms with E-state index in [9.17, 15) is 5.21 Å². The van der Waals surface area contributed by atoms with Crippen LogP contribution in [0.1, 0.15) is 48.0 Å². The van der Waals surface area contributed by atoms with Crippen molar-refractivity contribution in [2.75, 3.05) is 0 Å². The zero-order valence-electron chi connectivity index (χ0n) is 14.5. The van der Waals surface area contributed by atoms with Crippen LogP contribution in [0.15, 0.2) is 49.6 Å². The lowest BCUT2D eigenvalue weighted by Crippen LogP contribution is -2.40. The molecule has 0 atom stereocenters. The topological polar surface area (TPSA) is 56.6 Å². The van der Waals surface area contributed by atoms with Gasteiger partial charge in [-0.3, -0.25) is 0 Å². The monoisotopic (exact) mass is 295 g/mol. The Balaban J connectivity index is -0.000000222. The molecule has 0 aliphatic carbocycles. The Kier molecular flexibility index (Phi) is 26.4. The standard InChI is InChI=1S/C5H7N2O.C4H4N2.C3H8.2C2H6/c1-6-3-2-4-7(8)5-6;1-2-5-4-6-3-1;1-3-2;2*1-2/h2-5H,1H3;1-4H;3H2,1-2H3;2*1-2H3/q+1;;;;. The van der Waals surface area contributed by atoms with E-state index in [1.807, 2.05) is 27.7 Å². The van der Waals surface area contributed by atoms with Gasteiger partial charge in [0.15, 0.2) is 12.4 Å². The number of hydrogen-bond donors (Lipinski definition) is 0. The lowest BCUT2D eigenvalue weighted by molar-refractivity contribution is -0.778. The van der Waals surface area contributed by atoms with E-state index >= 15 is 0 Å². The van der Waals surface area contributed by atoms with Gasteiger partial charge in [-0.05, 0) is 6.07 Å². The van der Waals surface area contributed by atoms with Crippen molar-refractivity contribution in [3.63, 3.8) is 0 Å². The molecule has 0 aliphatic heterocycles. The molecule has 0 N–H and O–H groups in total. The van der Waals surface area contributed by atoms with Crippen molar-refractivity contribution < 1.29 is 9.30 Å². The quantitative estimate of drug-likeness (QED) is 0.554. The average Bonchev–Trinajstić information content (AvgIpc) is 2.54. The first-order valence-electron chi connectivity index (χ1n) is 7.44. The summed E-state index contributed by atoms with van der Waals surface area (Å²) in [7, 11) is 1.80. The number of rotatable bonds is 0. The van der Waals surface area contributed by atoms with Crippen molar-refractivity contribution in [1.29, 1.82) is 0 Å². The molecule has 5 heteroatoms. The molecular weight excluding hydrogens is 264 g/mol. The molecule has 21 heavy (non-hydrogen) atoms. The Labute approximate surface area is 129 Å². The summed E-state index contributed by atoms with van der Waals surface area (Å²) in [5, 5.41) is 10.4. The maximum atomic E-state index is 10.4. The van der Waals surface area contributed by atoms with Crippen LogP contribution in [0.4, 0.5) is 0 Å². The van der Waals surface area contributed by atoms with Crippen LogP contribution in [0.5, 0.6) is 0 Å². The molecule has 2 heterocycles. The highest BCUT2D eigenvalue weighted by Gasteiger charge is 1.91. The van der Waals surface area contributed by atoms with Crippen molar-refractivity contribution in [3.8, 4) is 0 Å². The molecule has 0 fully saturated rings. The molecule has 0 amide bonds. The zero-order valence-corrected chi connectivity index (χ0v) is 14.5. The van der Waals surface area contributed by atoms with Crippen molar-refractivity contribution in [2.24, 2.45) is 7.05 Å². The van der Waals surface area contributed by atoms with E-state index in [0.29, 0.717) is 0 Å². The van der Waals surface area contributed by atoms with Gasteiger partial charge >= 0.3 is 6.33 Å². The van der Waals surface area contributed by atoms with Crippen molar-refractivity contribution >= 4 is 0 Å². The first kappa shape index (κ1) is 24.0. The molecule has 2 aromatic rings. The molecular formula is C16H31N4O+. The zero-order chi connectivity index (χ0) is 16.9. The molecule has 0 spiro atoms. The molecule has 2 aromatic heterocycles. The van der Waals surface area contributed by atoms with Gasteiger partial charge in [-0.1, -0.05) is 48.0 Å². The average molecular weight is 295 g/mol. The van der Waals surface area contributed by atoms with Gasteiger partial charge in [0.05, 0.1) is 6.07 Å². The summed E-state index contributed by atoms with van der Waals surface area (Å²) in [5.41, 5.74) is 0. The Morgan fingerprint density at radius 1 is 0.905 bits per heavy atom. The molecule has 2 rings (SSSR count). The lowest BCUT2D eigenvalue weighted by atomic mass is 10.6. The van der Waals surface area contributed by atoms with Crippen LogP contribution in [-0.4, -0.2) is 9.97 Å². The van der Waals surface area contributed by atoms with Gasteiger partial charge in [-0.2, -0.15) is 4.57 Å². The fourth-order valence-electron chi connectivity index (χ4n) is 0.769. The SMILES string of the molecule is CC.CC.CCC.C[n+]1ccc[n+]([O-])c1.c1cncnc1. The highest BCUT2D eigenvalue weighted by Crippen LogP contribution is 1.66. The second-order valence-corrected chi connectivity index (χ2v) is 3.24. The summed E-state index contributed by atoms with van der Waals surface area (Å²) >= 11 is 0. The Hall–Kier alpha value is -2.04. The minimum absolute atomic E-state index is 0.750. The normalized spacial score (nSPS) is 7.19. The summed E-state index contributed by atoms with van der Waals surface area (Å²) in [6.07, 6.45) is 10.8. The summed E-state index contributed by atoms with van der Waals surface area (Å²) < 4.78 is 2.44. The fourth-order valence-corrected chi connectivity index (χ4v) is 0.769. The summed E-state index contributed by atoms with van der Waals surface area (Å²) in [4.78, 5) is 7.35. The van der Waals surface area contributed by atoms with Crippen LogP contribution in [0.25, 0.3) is 0 Å². The second kappa shape index (κ2) is 23.1. The van der Waals surface area contributed by atoms with Gasteiger partial charge in [0.1, 0.15) is 13.4 Å². The van der Waals surface area contributed by atoms with Crippen LogP contribution in [0.3, 0.4) is 0 Å². The third-order valence-electron chi connectivity index (χ3n) is 1.33. The lowest BCUT2D eigenvalue weighted by Gasteiger charge is -1.87. The predicted octanol–water partition coefficient (Wildman–Crippen LogP) is 3.09. The largest absolute Gasteiger partial charge is 0.614 e. The molecule has 120 valence electrons. The van der Waals surface area contributed by atoms with Gasteiger partial charge in [0.25, 0.3) is 0 Å². The van der Waals surface area contributed by atoms with E-state index in [0.717, 1.165) is 4.73 Å². The van der Waals surface area contributed by atoms with Crippen LogP contribution < -0.4 is 9.30 Å². The Morgan fingerprint density at radius 2 is 1.38 bits per heavy atom. The van der Waals surface area contributed by atoms with Gasteiger partial charge in [-0.25, -0.2) is 9.97 Å². The molecule has 0 radical (unpaired) electrons. The summed E-state index contributed by atoms with van der Waals surface area (Å²) in [6, 6.07) is 3.47. The first-order valence-corrected chi connectivity index (χ1v) is 7.44. The fraction of sp³-hybridized carbons (Fsp3) is 0.500. The van der Waals surface area contributed by atoms with Crippen LogP contribution in [-0.2, 0) is 7.05 Å². The van der Waals surface area contributed by atoms with E-state index < -0.39 is 0 Å². The summed E-state index contributed by atoms with van der Waals surface area (Å²) in [5.74, 6) is 0. The van der Waals surface area contributed by atoms with Crippen molar-refractivity contribution in [2.45, 2.75) is 48.0 Å². The predicted molar refractivity (Wildman–Crippen MR) is 87.3 cm³/mol. The number of aryl methyl sites for hydroxylation is 1. The maximum Gasteiger partial charge on any atom is 0.417 e. The molecule has 0 aliphatic rings. The minimum Gasteiger partial charge on any atom is -0.614 e. The minimum atomic E-state index is 0.750. The highest BCUT2D eigenvalue weighted by atomic mass is 16.5. The second-order valence-electron chi connectivity index (χ2n) is 3.24. The third-order valence-corrected chi connectivity index (χ3v) is 1.33.